The third-order valence-electron chi connectivity index (χ3n) is 3.75. The molecule has 0 saturated heterocycles. The van der Waals surface area contributed by atoms with Gasteiger partial charge in [0.15, 0.2) is 0 Å². The number of hydrogen-bond donors (Lipinski definition) is 0. The van der Waals surface area contributed by atoms with Crippen LogP contribution in [0.3, 0.4) is 0 Å². The van der Waals surface area contributed by atoms with Gasteiger partial charge in [0.05, 0.1) is 17.2 Å². The van der Waals surface area contributed by atoms with Gasteiger partial charge in [-0.05, 0) is 31.7 Å². The maximum Gasteiger partial charge on any atom is 0.264 e. The maximum atomic E-state index is 12.3. The third-order valence-corrected chi connectivity index (χ3v) is 3.75. The molecule has 0 N–H and O–H groups in total. The van der Waals surface area contributed by atoms with Gasteiger partial charge in [0.1, 0.15) is 5.54 Å². The van der Waals surface area contributed by atoms with Gasteiger partial charge in [-0.25, -0.2) is 0 Å². The zero-order valence-corrected chi connectivity index (χ0v) is 9.72. The molecule has 2 heterocycles. The van der Waals surface area contributed by atoms with Crippen LogP contribution in [0.25, 0.3) is 0 Å². The number of rotatable bonds is 1. The summed E-state index contributed by atoms with van der Waals surface area (Å²) in [4.78, 5) is 29.6. The SMILES string of the molecule is N#CC1(N2C(=O)c3ccncc3C2=O)CCCC1. The zero-order chi connectivity index (χ0) is 12.8. The fourth-order valence-electron chi connectivity index (χ4n) is 2.82. The summed E-state index contributed by atoms with van der Waals surface area (Å²) >= 11 is 0. The van der Waals surface area contributed by atoms with Crippen molar-refractivity contribution in [3.05, 3.63) is 29.6 Å². The Hall–Kier alpha value is -2.22. The molecule has 0 spiro atoms. The molecular formula is C13H11N3O2. The van der Waals surface area contributed by atoms with Crippen molar-refractivity contribution >= 4 is 11.8 Å². The molecule has 0 atom stereocenters. The summed E-state index contributed by atoms with van der Waals surface area (Å²) in [6.45, 7) is 0. The smallest absolute Gasteiger partial charge is 0.264 e. The number of amides is 2. The summed E-state index contributed by atoms with van der Waals surface area (Å²) in [5.41, 5.74) is -0.284. The first-order valence-electron chi connectivity index (χ1n) is 5.94. The van der Waals surface area contributed by atoms with E-state index in [0.29, 0.717) is 24.0 Å². The van der Waals surface area contributed by atoms with Crippen molar-refractivity contribution in [2.75, 3.05) is 0 Å². The molecule has 90 valence electrons. The molecule has 3 rings (SSSR count). The minimum absolute atomic E-state index is 0.309. The van der Waals surface area contributed by atoms with E-state index in [4.69, 9.17) is 0 Å². The molecule has 0 aromatic carbocycles. The van der Waals surface area contributed by atoms with E-state index in [1.54, 1.807) is 0 Å². The summed E-state index contributed by atoms with van der Waals surface area (Å²) in [6, 6.07) is 3.72. The van der Waals surface area contributed by atoms with Crippen LogP contribution in [0.15, 0.2) is 18.5 Å². The van der Waals surface area contributed by atoms with Crippen LogP contribution < -0.4 is 0 Å². The molecule has 2 amide bonds. The number of pyridine rings is 1. The van der Waals surface area contributed by atoms with E-state index in [0.717, 1.165) is 17.7 Å². The molecule has 18 heavy (non-hydrogen) atoms. The monoisotopic (exact) mass is 241 g/mol. The molecule has 5 nitrogen and oxygen atoms in total. The number of aromatic nitrogens is 1. The van der Waals surface area contributed by atoms with E-state index in [2.05, 4.69) is 11.1 Å². The van der Waals surface area contributed by atoms with Gasteiger partial charge in [0.2, 0.25) is 0 Å². The lowest BCUT2D eigenvalue weighted by Crippen LogP contribution is -2.49. The van der Waals surface area contributed by atoms with E-state index in [9.17, 15) is 14.9 Å². The van der Waals surface area contributed by atoms with Crippen LogP contribution in [0, 0.1) is 11.3 Å². The molecule has 0 bridgehead atoms. The van der Waals surface area contributed by atoms with Crippen molar-refractivity contribution in [2.45, 2.75) is 31.2 Å². The number of nitriles is 1. The van der Waals surface area contributed by atoms with Crippen LogP contribution in [0.2, 0.25) is 0 Å². The van der Waals surface area contributed by atoms with E-state index in [-0.39, 0.29) is 11.8 Å². The normalized spacial score (nSPS) is 20.9. The average Bonchev–Trinajstić information content (AvgIpc) is 2.96. The minimum Gasteiger partial charge on any atom is -0.269 e. The van der Waals surface area contributed by atoms with E-state index in [1.807, 2.05) is 0 Å². The lowest BCUT2D eigenvalue weighted by Gasteiger charge is -2.30. The Bertz CT molecular complexity index is 547. The number of nitrogens with zero attached hydrogens (tertiary/aromatic N) is 3. The Balaban J connectivity index is 2.10. The number of imide groups is 1. The second-order valence-corrected chi connectivity index (χ2v) is 4.72. The van der Waals surface area contributed by atoms with Crippen LogP contribution in [0.1, 0.15) is 46.4 Å². The number of carbonyl (C=O) groups excluding carboxylic acids is 2. The second-order valence-electron chi connectivity index (χ2n) is 4.72. The quantitative estimate of drug-likeness (QED) is 0.698. The van der Waals surface area contributed by atoms with Gasteiger partial charge in [-0.2, -0.15) is 5.26 Å². The summed E-state index contributed by atoms with van der Waals surface area (Å²) in [5, 5.41) is 9.38. The summed E-state index contributed by atoms with van der Waals surface area (Å²) < 4.78 is 0. The number of fused-ring (bicyclic) bond motifs is 1. The van der Waals surface area contributed by atoms with E-state index in [1.165, 1.54) is 18.5 Å². The first-order chi connectivity index (χ1) is 8.69. The third kappa shape index (κ3) is 1.23. The number of carbonyl (C=O) groups is 2. The molecule has 1 aliphatic heterocycles. The van der Waals surface area contributed by atoms with Crippen molar-refractivity contribution in [1.29, 1.82) is 5.26 Å². The predicted molar refractivity (Wildman–Crippen MR) is 61.5 cm³/mol. The Morgan fingerprint density at radius 2 is 1.89 bits per heavy atom. The van der Waals surface area contributed by atoms with Crippen LogP contribution in [0.5, 0.6) is 0 Å². The predicted octanol–water partition coefficient (Wildman–Crippen LogP) is 1.51. The van der Waals surface area contributed by atoms with Crippen LogP contribution in [0.4, 0.5) is 0 Å². The molecule has 1 fully saturated rings. The lowest BCUT2D eigenvalue weighted by molar-refractivity contribution is 0.0514. The van der Waals surface area contributed by atoms with Crippen molar-refractivity contribution in [2.24, 2.45) is 0 Å². The summed E-state index contributed by atoms with van der Waals surface area (Å²) in [6.07, 6.45) is 5.78. The van der Waals surface area contributed by atoms with Crippen LogP contribution >= 0.6 is 0 Å². The molecule has 0 unspecified atom stereocenters. The molecule has 1 aromatic heterocycles. The maximum absolute atomic E-state index is 12.3. The van der Waals surface area contributed by atoms with Crippen LogP contribution in [-0.4, -0.2) is 27.2 Å². The Kier molecular flexibility index (Phi) is 2.20. The van der Waals surface area contributed by atoms with E-state index < -0.39 is 5.54 Å². The molecule has 5 heteroatoms. The highest BCUT2D eigenvalue weighted by Gasteiger charge is 2.50. The molecule has 2 aliphatic rings. The van der Waals surface area contributed by atoms with Gasteiger partial charge in [0.25, 0.3) is 11.8 Å². The van der Waals surface area contributed by atoms with E-state index >= 15 is 0 Å². The summed E-state index contributed by atoms with van der Waals surface area (Å²) in [5.74, 6) is -0.743. The molecule has 1 aromatic rings. The highest BCUT2D eigenvalue weighted by molar-refractivity contribution is 6.21. The Labute approximate surface area is 104 Å². The average molecular weight is 241 g/mol. The largest absolute Gasteiger partial charge is 0.269 e. The lowest BCUT2D eigenvalue weighted by atomic mass is 9.97. The van der Waals surface area contributed by atoms with Gasteiger partial charge >= 0.3 is 0 Å². The molecule has 0 radical (unpaired) electrons. The van der Waals surface area contributed by atoms with Gasteiger partial charge in [0, 0.05) is 12.4 Å². The fourth-order valence-corrected chi connectivity index (χ4v) is 2.82. The standard InChI is InChI=1S/C13H11N3O2/c14-8-13(4-1-2-5-13)16-11(17)9-3-6-15-7-10(9)12(16)18/h3,6-7H,1-2,4-5H2. The minimum atomic E-state index is -0.951. The molecule has 1 aliphatic carbocycles. The highest BCUT2D eigenvalue weighted by atomic mass is 16.2. The Morgan fingerprint density at radius 1 is 1.22 bits per heavy atom. The zero-order valence-electron chi connectivity index (χ0n) is 9.72. The highest BCUT2D eigenvalue weighted by Crippen LogP contribution is 2.39. The fraction of sp³-hybridized carbons (Fsp3) is 0.385. The van der Waals surface area contributed by atoms with Gasteiger partial charge in [-0.15, -0.1) is 0 Å². The van der Waals surface area contributed by atoms with Gasteiger partial charge < -0.3 is 0 Å². The summed E-state index contributed by atoms with van der Waals surface area (Å²) in [7, 11) is 0. The van der Waals surface area contributed by atoms with Crippen molar-refractivity contribution in [3.8, 4) is 6.07 Å². The number of hydrogen-bond acceptors (Lipinski definition) is 4. The van der Waals surface area contributed by atoms with Crippen molar-refractivity contribution in [3.63, 3.8) is 0 Å². The van der Waals surface area contributed by atoms with Gasteiger partial charge in [-0.1, -0.05) is 0 Å². The topological polar surface area (TPSA) is 74.1 Å². The molecular weight excluding hydrogens is 230 g/mol. The van der Waals surface area contributed by atoms with Crippen molar-refractivity contribution < 1.29 is 9.59 Å². The van der Waals surface area contributed by atoms with Gasteiger partial charge in [-0.3, -0.25) is 19.5 Å². The first kappa shape index (κ1) is 10.9. The second kappa shape index (κ2) is 3.64. The molecule has 1 saturated carbocycles. The Morgan fingerprint density at radius 3 is 2.50 bits per heavy atom. The first-order valence-corrected chi connectivity index (χ1v) is 5.94. The van der Waals surface area contributed by atoms with Crippen LogP contribution in [-0.2, 0) is 0 Å². The van der Waals surface area contributed by atoms with Crippen molar-refractivity contribution in [1.82, 2.24) is 9.88 Å².